The van der Waals surface area contributed by atoms with E-state index >= 15 is 0 Å². The highest BCUT2D eigenvalue weighted by atomic mass is 19.2. The standard InChI is InChI=1S/C18H14F2N2O3/c1-25-18(24)15(9-11-5-7-12(10-21)8-6-11)22-17(23)13-3-2-4-14(19)16(13)20/h2-8,15H,9H2,1H3,(H,22,23)/t15-/m0/s1. The monoisotopic (exact) mass is 344 g/mol. The third kappa shape index (κ3) is 4.38. The van der Waals surface area contributed by atoms with Gasteiger partial charge in [-0.05, 0) is 29.8 Å². The number of halogens is 2. The lowest BCUT2D eigenvalue weighted by Crippen LogP contribution is -2.43. The molecule has 0 aliphatic heterocycles. The molecule has 0 aliphatic rings. The van der Waals surface area contributed by atoms with Crippen molar-refractivity contribution in [3.8, 4) is 6.07 Å². The summed E-state index contributed by atoms with van der Waals surface area (Å²) in [6, 6.07) is 10.5. The van der Waals surface area contributed by atoms with Crippen LogP contribution >= 0.6 is 0 Å². The summed E-state index contributed by atoms with van der Waals surface area (Å²) in [6.45, 7) is 0. The van der Waals surface area contributed by atoms with Crippen molar-refractivity contribution >= 4 is 11.9 Å². The maximum absolute atomic E-state index is 13.7. The van der Waals surface area contributed by atoms with E-state index in [4.69, 9.17) is 5.26 Å². The maximum Gasteiger partial charge on any atom is 0.328 e. The van der Waals surface area contributed by atoms with Crippen molar-refractivity contribution in [1.29, 1.82) is 5.26 Å². The molecule has 7 heteroatoms. The highest BCUT2D eigenvalue weighted by Crippen LogP contribution is 2.13. The average molecular weight is 344 g/mol. The number of hydrogen-bond donors (Lipinski definition) is 1. The highest BCUT2D eigenvalue weighted by molar-refractivity contribution is 5.97. The maximum atomic E-state index is 13.7. The normalized spacial score (nSPS) is 11.3. The predicted octanol–water partition coefficient (Wildman–Crippen LogP) is 2.35. The van der Waals surface area contributed by atoms with Crippen LogP contribution in [0.4, 0.5) is 8.78 Å². The van der Waals surface area contributed by atoms with E-state index in [-0.39, 0.29) is 6.42 Å². The summed E-state index contributed by atoms with van der Waals surface area (Å²) < 4.78 is 31.6. The van der Waals surface area contributed by atoms with Crippen molar-refractivity contribution in [2.75, 3.05) is 7.11 Å². The van der Waals surface area contributed by atoms with Crippen LogP contribution in [0.2, 0.25) is 0 Å². The minimum absolute atomic E-state index is 0.0705. The molecule has 2 aromatic carbocycles. The van der Waals surface area contributed by atoms with Gasteiger partial charge in [0.05, 0.1) is 24.3 Å². The first-order valence-electron chi connectivity index (χ1n) is 7.28. The summed E-state index contributed by atoms with van der Waals surface area (Å²) in [6.07, 6.45) is 0.0705. The van der Waals surface area contributed by atoms with Gasteiger partial charge in [-0.15, -0.1) is 0 Å². The lowest BCUT2D eigenvalue weighted by atomic mass is 10.0. The number of hydrogen-bond acceptors (Lipinski definition) is 4. The van der Waals surface area contributed by atoms with Crippen molar-refractivity contribution in [3.63, 3.8) is 0 Å². The van der Waals surface area contributed by atoms with Crippen molar-refractivity contribution in [1.82, 2.24) is 5.32 Å². The van der Waals surface area contributed by atoms with E-state index in [2.05, 4.69) is 10.1 Å². The topological polar surface area (TPSA) is 79.2 Å². The summed E-state index contributed by atoms with van der Waals surface area (Å²) in [5, 5.41) is 11.1. The van der Waals surface area contributed by atoms with Gasteiger partial charge in [-0.25, -0.2) is 13.6 Å². The molecule has 0 unspecified atom stereocenters. The molecule has 0 saturated carbocycles. The van der Waals surface area contributed by atoms with E-state index in [1.54, 1.807) is 24.3 Å². The number of benzene rings is 2. The molecule has 5 nitrogen and oxygen atoms in total. The number of amides is 1. The zero-order chi connectivity index (χ0) is 18.4. The summed E-state index contributed by atoms with van der Waals surface area (Å²) >= 11 is 0. The van der Waals surface area contributed by atoms with Gasteiger partial charge < -0.3 is 10.1 Å². The van der Waals surface area contributed by atoms with E-state index in [1.165, 1.54) is 6.07 Å². The quantitative estimate of drug-likeness (QED) is 0.845. The van der Waals surface area contributed by atoms with Crippen LogP contribution in [0.1, 0.15) is 21.5 Å². The molecule has 2 aromatic rings. The molecule has 0 spiro atoms. The van der Waals surface area contributed by atoms with Crippen LogP contribution in [0.3, 0.4) is 0 Å². The minimum Gasteiger partial charge on any atom is -0.467 e. The summed E-state index contributed by atoms with van der Waals surface area (Å²) in [4.78, 5) is 24.1. The molecular formula is C18H14F2N2O3. The van der Waals surface area contributed by atoms with Gasteiger partial charge in [-0.3, -0.25) is 4.79 Å². The Morgan fingerprint density at radius 3 is 2.48 bits per heavy atom. The fourth-order valence-corrected chi connectivity index (χ4v) is 2.20. The first-order valence-corrected chi connectivity index (χ1v) is 7.28. The van der Waals surface area contributed by atoms with Gasteiger partial charge in [-0.2, -0.15) is 5.26 Å². The Hall–Kier alpha value is -3.27. The SMILES string of the molecule is COC(=O)[C@H](Cc1ccc(C#N)cc1)NC(=O)c1cccc(F)c1F. The lowest BCUT2D eigenvalue weighted by Gasteiger charge is -2.17. The molecule has 128 valence electrons. The van der Waals surface area contributed by atoms with Crippen molar-refractivity contribution in [2.45, 2.75) is 12.5 Å². The van der Waals surface area contributed by atoms with Crippen LogP contribution in [0.25, 0.3) is 0 Å². The Morgan fingerprint density at radius 2 is 1.88 bits per heavy atom. The number of rotatable bonds is 5. The minimum atomic E-state index is -1.29. The fraction of sp³-hybridized carbons (Fsp3) is 0.167. The second-order valence-corrected chi connectivity index (χ2v) is 5.16. The highest BCUT2D eigenvalue weighted by Gasteiger charge is 2.24. The van der Waals surface area contributed by atoms with Crippen molar-refractivity contribution in [3.05, 3.63) is 70.8 Å². The molecule has 1 amide bonds. The first-order chi connectivity index (χ1) is 12.0. The van der Waals surface area contributed by atoms with E-state index in [9.17, 15) is 18.4 Å². The van der Waals surface area contributed by atoms with Crippen LogP contribution in [-0.4, -0.2) is 25.0 Å². The number of ether oxygens (including phenoxy) is 1. The molecule has 0 fully saturated rings. The van der Waals surface area contributed by atoms with Crippen LogP contribution in [-0.2, 0) is 16.0 Å². The van der Waals surface area contributed by atoms with Gasteiger partial charge >= 0.3 is 5.97 Å². The molecule has 1 N–H and O–H groups in total. The summed E-state index contributed by atoms with van der Waals surface area (Å²) in [5.41, 5.74) is 0.604. The molecule has 0 radical (unpaired) electrons. The number of esters is 1. The number of nitrogens with zero attached hydrogens (tertiary/aromatic N) is 1. The predicted molar refractivity (Wildman–Crippen MR) is 84.5 cm³/mol. The van der Waals surface area contributed by atoms with E-state index in [1.807, 2.05) is 6.07 Å². The van der Waals surface area contributed by atoms with Gasteiger partial charge in [0.1, 0.15) is 6.04 Å². The molecule has 0 aromatic heterocycles. The van der Waals surface area contributed by atoms with Gasteiger partial charge in [0.2, 0.25) is 0 Å². The average Bonchev–Trinajstić information content (AvgIpc) is 2.63. The number of nitrogens with one attached hydrogen (secondary N) is 1. The first kappa shape index (κ1) is 18.1. The Kier molecular flexibility index (Phi) is 5.79. The van der Waals surface area contributed by atoms with E-state index < -0.39 is 35.1 Å². The van der Waals surface area contributed by atoms with Crippen LogP contribution in [0, 0.1) is 23.0 Å². The molecular weight excluding hydrogens is 330 g/mol. The largest absolute Gasteiger partial charge is 0.467 e. The third-order valence-corrected chi connectivity index (χ3v) is 3.51. The Bertz CT molecular complexity index is 829. The fourth-order valence-electron chi connectivity index (χ4n) is 2.20. The second-order valence-electron chi connectivity index (χ2n) is 5.16. The van der Waals surface area contributed by atoms with Crippen molar-refractivity contribution < 1.29 is 23.1 Å². The molecule has 0 bridgehead atoms. The van der Waals surface area contributed by atoms with Gasteiger partial charge in [0.25, 0.3) is 5.91 Å². The van der Waals surface area contributed by atoms with E-state index in [0.29, 0.717) is 11.1 Å². The van der Waals surface area contributed by atoms with Crippen LogP contribution in [0.15, 0.2) is 42.5 Å². The van der Waals surface area contributed by atoms with Crippen LogP contribution < -0.4 is 5.32 Å². The molecule has 0 heterocycles. The second kappa shape index (κ2) is 8.02. The number of carbonyl (C=O) groups is 2. The van der Waals surface area contributed by atoms with Gasteiger partial charge in [0, 0.05) is 6.42 Å². The summed E-state index contributed by atoms with van der Waals surface area (Å²) in [5.74, 6) is -4.10. The number of methoxy groups -OCH3 is 1. The zero-order valence-corrected chi connectivity index (χ0v) is 13.3. The lowest BCUT2D eigenvalue weighted by molar-refractivity contribution is -0.142. The smallest absolute Gasteiger partial charge is 0.328 e. The Morgan fingerprint density at radius 1 is 1.20 bits per heavy atom. The number of carbonyl (C=O) groups excluding carboxylic acids is 2. The Balaban J connectivity index is 2.19. The zero-order valence-electron chi connectivity index (χ0n) is 13.3. The van der Waals surface area contributed by atoms with E-state index in [0.717, 1.165) is 19.2 Å². The van der Waals surface area contributed by atoms with Gasteiger partial charge in [-0.1, -0.05) is 18.2 Å². The third-order valence-electron chi connectivity index (χ3n) is 3.51. The molecule has 2 rings (SSSR count). The Labute approximate surface area is 142 Å². The van der Waals surface area contributed by atoms with Gasteiger partial charge in [0.15, 0.2) is 11.6 Å². The molecule has 1 atom stereocenters. The van der Waals surface area contributed by atoms with Crippen LogP contribution in [0.5, 0.6) is 0 Å². The van der Waals surface area contributed by atoms with Crippen molar-refractivity contribution in [2.24, 2.45) is 0 Å². The summed E-state index contributed by atoms with van der Waals surface area (Å²) in [7, 11) is 1.16. The molecule has 0 saturated heterocycles. The molecule has 25 heavy (non-hydrogen) atoms. The molecule has 0 aliphatic carbocycles. The number of nitriles is 1.